The summed E-state index contributed by atoms with van der Waals surface area (Å²) >= 11 is 0. The van der Waals surface area contributed by atoms with Crippen molar-refractivity contribution in [2.75, 3.05) is 35.2 Å². The zero-order valence-electron chi connectivity index (χ0n) is 11.9. The van der Waals surface area contributed by atoms with Crippen LogP contribution >= 0.6 is 7.94 Å². The topological polar surface area (TPSA) is 58.5 Å². The quantitative estimate of drug-likeness (QED) is 0.822. The van der Waals surface area contributed by atoms with Crippen LogP contribution in [0.2, 0.25) is 0 Å². The third-order valence-electron chi connectivity index (χ3n) is 2.89. The van der Waals surface area contributed by atoms with Crippen LogP contribution in [0.3, 0.4) is 0 Å². The Labute approximate surface area is 113 Å². The molecule has 104 valence electrons. The van der Waals surface area contributed by atoms with Crippen molar-refractivity contribution >= 4 is 19.0 Å². The Morgan fingerprint density at radius 2 is 1.79 bits per heavy atom. The molecule has 0 bridgehead atoms. The summed E-state index contributed by atoms with van der Waals surface area (Å²) in [6, 6.07) is 7.72. The zero-order valence-corrected chi connectivity index (χ0v) is 12.8. The van der Waals surface area contributed by atoms with Crippen molar-refractivity contribution in [1.82, 2.24) is 29.6 Å². The highest BCUT2D eigenvalue weighted by atomic mass is 31.2. The van der Waals surface area contributed by atoms with Gasteiger partial charge in [-0.2, -0.15) is 4.62 Å². The average molecular weight is 283 g/mol. The predicted molar refractivity (Wildman–Crippen MR) is 77.5 cm³/mol. The predicted octanol–water partition coefficient (Wildman–Crippen LogP) is 0.880. The van der Waals surface area contributed by atoms with Crippen LogP contribution in [-0.2, 0) is 0 Å². The van der Waals surface area contributed by atoms with Gasteiger partial charge in [-0.15, -0.1) is 19.5 Å². The average Bonchev–Trinajstić information content (AvgIpc) is 2.78. The molecular formula is C11H20N6OP+. The van der Waals surface area contributed by atoms with Crippen LogP contribution in [0.25, 0.3) is 11.0 Å². The standard InChI is InChI=1S/C11H20N6OP/c1-12-19(15(2)3,16(4)5)18-17-11-9-7-6-8-10(11)13-14-17/h6-9,12H,1-5H3/q+1. The molecule has 1 aromatic heterocycles. The fraction of sp³-hybridized carbons (Fsp3) is 0.455. The maximum Gasteiger partial charge on any atom is 0.447 e. The Hall–Kier alpha value is -1.27. The molecule has 19 heavy (non-hydrogen) atoms. The number of aromatic nitrogens is 3. The van der Waals surface area contributed by atoms with Gasteiger partial charge in [0.1, 0.15) is 11.0 Å². The molecular weight excluding hydrogens is 263 g/mol. The molecule has 0 aliphatic heterocycles. The number of nitrogens with one attached hydrogen (secondary N) is 1. The first kappa shape index (κ1) is 14.1. The summed E-state index contributed by atoms with van der Waals surface area (Å²) in [6.07, 6.45) is 0. The van der Waals surface area contributed by atoms with E-state index in [0.717, 1.165) is 11.0 Å². The number of hydrogen-bond acceptors (Lipinski definition) is 6. The summed E-state index contributed by atoms with van der Waals surface area (Å²) in [4.78, 5) is 1.49. The van der Waals surface area contributed by atoms with Crippen molar-refractivity contribution in [2.45, 2.75) is 0 Å². The summed E-state index contributed by atoms with van der Waals surface area (Å²) in [5.74, 6) is 0. The first-order chi connectivity index (χ1) is 9.01. The lowest BCUT2D eigenvalue weighted by Gasteiger charge is -2.30. The Bertz CT molecular complexity index is 547. The van der Waals surface area contributed by atoms with E-state index in [1.54, 1.807) is 0 Å². The van der Waals surface area contributed by atoms with E-state index in [1.165, 1.54) is 4.85 Å². The van der Waals surface area contributed by atoms with Gasteiger partial charge in [-0.3, -0.25) is 0 Å². The van der Waals surface area contributed by atoms with Crippen LogP contribution in [0.4, 0.5) is 0 Å². The van der Waals surface area contributed by atoms with Gasteiger partial charge in [0.15, 0.2) is 0 Å². The normalized spacial score (nSPS) is 12.6. The zero-order chi connectivity index (χ0) is 14.0. The molecule has 0 saturated carbocycles. The molecule has 0 amide bonds. The van der Waals surface area contributed by atoms with Crippen LogP contribution in [0.15, 0.2) is 24.3 Å². The summed E-state index contributed by atoms with van der Waals surface area (Å²) in [5, 5.41) is 11.4. The minimum atomic E-state index is -2.14. The summed E-state index contributed by atoms with van der Waals surface area (Å²) in [6.45, 7) is 0. The summed E-state index contributed by atoms with van der Waals surface area (Å²) in [5.41, 5.74) is 1.67. The van der Waals surface area contributed by atoms with Gasteiger partial charge in [-0.25, -0.2) is 0 Å². The Morgan fingerprint density at radius 1 is 1.16 bits per heavy atom. The van der Waals surface area contributed by atoms with Crippen molar-refractivity contribution in [2.24, 2.45) is 0 Å². The monoisotopic (exact) mass is 283 g/mol. The molecule has 1 aromatic carbocycles. The molecule has 2 rings (SSSR count). The molecule has 0 unspecified atom stereocenters. The first-order valence-electron chi connectivity index (χ1n) is 5.95. The molecule has 0 aliphatic rings. The lowest BCUT2D eigenvalue weighted by Crippen LogP contribution is -2.41. The smallest absolute Gasteiger partial charge is 0.183 e. The summed E-state index contributed by atoms with van der Waals surface area (Å²) < 4.78 is 10.2. The molecule has 7 nitrogen and oxygen atoms in total. The van der Waals surface area contributed by atoms with Gasteiger partial charge in [-0.05, 0) is 22.2 Å². The maximum absolute atomic E-state index is 6.12. The number of benzene rings is 1. The third-order valence-corrected chi connectivity index (χ3v) is 6.02. The number of fused-ring (bicyclic) bond motifs is 1. The molecule has 2 aromatic rings. The molecule has 0 radical (unpaired) electrons. The van der Waals surface area contributed by atoms with E-state index < -0.39 is 7.94 Å². The van der Waals surface area contributed by atoms with Crippen molar-refractivity contribution in [3.63, 3.8) is 0 Å². The molecule has 0 saturated heterocycles. The number of hydrogen-bond donors (Lipinski definition) is 1. The number of rotatable bonds is 5. The van der Waals surface area contributed by atoms with Gasteiger partial charge in [0.2, 0.25) is 0 Å². The van der Waals surface area contributed by atoms with Crippen LogP contribution in [0, 0.1) is 0 Å². The van der Waals surface area contributed by atoms with E-state index >= 15 is 0 Å². The molecule has 0 fully saturated rings. The van der Waals surface area contributed by atoms with Crippen molar-refractivity contribution in [3.8, 4) is 0 Å². The third kappa shape index (κ3) is 2.42. The molecule has 0 atom stereocenters. The van der Waals surface area contributed by atoms with Gasteiger partial charge >= 0.3 is 7.94 Å². The van der Waals surface area contributed by atoms with E-state index in [1.807, 2.05) is 68.8 Å². The number of nitrogens with zero attached hydrogens (tertiary/aromatic N) is 5. The molecule has 8 heteroatoms. The highest BCUT2D eigenvalue weighted by Crippen LogP contribution is 2.55. The van der Waals surface area contributed by atoms with Gasteiger partial charge in [0.05, 0.1) is 0 Å². The highest BCUT2D eigenvalue weighted by molar-refractivity contribution is 7.64. The molecule has 0 spiro atoms. The number of para-hydroxylation sites is 1. The summed E-state index contributed by atoms with van der Waals surface area (Å²) in [7, 11) is 7.65. The fourth-order valence-corrected chi connectivity index (χ4v) is 4.19. The van der Waals surface area contributed by atoms with E-state index in [9.17, 15) is 0 Å². The van der Waals surface area contributed by atoms with Crippen molar-refractivity contribution in [3.05, 3.63) is 24.3 Å². The lowest BCUT2D eigenvalue weighted by atomic mass is 10.3. The minimum Gasteiger partial charge on any atom is -0.183 e. The van der Waals surface area contributed by atoms with E-state index in [0.29, 0.717) is 0 Å². The Morgan fingerprint density at radius 3 is 2.37 bits per heavy atom. The molecule has 1 N–H and O–H groups in total. The SMILES string of the molecule is CN[P+](On1nnc2ccccc21)(N(C)C)N(C)C. The van der Waals surface area contributed by atoms with Crippen LogP contribution < -0.4 is 9.71 Å². The molecule has 0 aliphatic carbocycles. The van der Waals surface area contributed by atoms with Gasteiger partial charge in [0, 0.05) is 35.2 Å². The van der Waals surface area contributed by atoms with Gasteiger partial charge in [0.25, 0.3) is 0 Å². The second-order valence-corrected chi connectivity index (χ2v) is 7.79. The van der Waals surface area contributed by atoms with Crippen molar-refractivity contribution < 1.29 is 4.62 Å². The largest absolute Gasteiger partial charge is 0.447 e. The van der Waals surface area contributed by atoms with Crippen LogP contribution in [0.1, 0.15) is 0 Å². The van der Waals surface area contributed by atoms with Gasteiger partial charge < -0.3 is 0 Å². The van der Waals surface area contributed by atoms with Crippen molar-refractivity contribution in [1.29, 1.82) is 0 Å². The second-order valence-electron chi connectivity index (χ2n) is 4.49. The Balaban J connectivity index is 2.42. The van der Waals surface area contributed by atoms with E-state index in [2.05, 4.69) is 15.4 Å². The maximum atomic E-state index is 6.12. The molecule has 1 heterocycles. The lowest BCUT2D eigenvalue weighted by molar-refractivity contribution is 0.209. The Kier molecular flexibility index (Phi) is 4.01. The van der Waals surface area contributed by atoms with Crippen LogP contribution in [-0.4, -0.2) is 59.7 Å². The van der Waals surface area contributed by atoms with Crippen LogP contribution in [0.5, 0.6) is 0 Å². The highest BCUT2D eigenvalue weighted by Gasteiger charge is 2.49. The minimum absolute atomic E-state index is 0.814. The fourth-order valence-electron chi connectivity index (χ4n) is 1.96. The van der Waals surface area contributed by atoms with Gasteiger partial charge in [-0.1, -0.05) is 12.1 Å². The second kappa shape index (κ2) is 5.38. The first-order valence-corrected chi connectivity index (χ1v) is 7.56. The van der Waals surface area contributed by atoms with E-state index in [-0.39, 0.29) is 0 Å². The van der Waals surface area contributed by atoms with E-state index in [4.69, 9.17) is 4.62 Å².